The van der Waals surface area contributed by atoms with Crippen molar-refractivity contribution in [3.63, 3.8) is 0 Å². The molecule has 0 aliphatic heterocycles. The van der Waals surface area contributed by atoms with Gasteiger partial charge in [-0.3, -0.25) is 24.0 Å². The molecule has 226 valence electrons. The van der Waals surface area contributed by atoms with Crippen molar-refractivity contribution in [1.29, 1.82) is 0 Å². The predicted molar refractivity (Wildman–Crippen MR) is 142 cm³/mol. The van der Waals surface area contributed by atoms with Crippen LogP contribution >= 0.6 is 0 Å². The van der Waals surface area contributed by atoms with E-state index in [1.165, 1.54) is 0 Å². The van der Waals surface area contributed by atoms with Crippen LogP contribution in [0.3, 0.4) is 0 Å². The van der Waals surface area contributed by atoms with Crippen LogP contribution in [0.1, 0.15) is 78.1 Å². The maximum Gasteiger partial charge on any atom is 0.326 e. The van der Waals surface area contributed by atoms with E-state index < -0.39 is 78.6 Å². The molecule has 41 heavy (non-hydrogen) atoms. The molecule has 0 bridgehead atoms. The first-order valence-electron chi connectivity index (χ1n) is 14.3. The van der Waals surface area contributed by atoms with Crippen LogP contribution in [0.2, 0.25) is 0 Å². The van der Waals surface area contributed by atoms with Gasteiger partial charge in [-0.25, -0.2) is 4.79 Å². The molecule has 0 radical (unpaired) electrons. The van der Waals surface area contributed by atoms with Crippen molar-refractivity contribution >= 4 is 35.3 Å². The lowest BCUT2D eigenvalue weighted by Crippen LogP contribution is -2.62. The Hall–Kier alpha value is -3.12. The Balaban J connectivity index is 1.36. The predicted octanol–water partition coefficient (Wildman–Crippen LogP) is 0.558. The number of aliphatic carboxylic acids is 1. The summed E-state index contributed by atoms with van der Waals surface area (Å²) in [5.74, 6) is -4.62. The highest BCUT2D eigenvalue weighted by molar-refractivity contribution is 5.93. The van der Waals surface area contributed by atoms with E-state index in [0.29, 0.717) is 19.3 Å². The van der Waals surface area contributed by atoms with Crippen molar-refractivity contribution in [1.82, 2.24) is 5.32 Å². The number of amides is 2. The van der Waals surface area contributed by atoms with Crippen LogP contribution in [0.25, 0.3) is 0 Å². The van der Waals surface area contributed by atoms with E-state index in [0.717, 1.165) is 18.4 Å². The van der Waals surface area contributed by atoms with E-state index in [9.17, 15) is 39.0 Å². The molecule has 0 aromatic carbocycles. The van der Waals surface area contributed by atoms with Crippen molar-refractivity contribution < 1.29 is 48.8 Å². The molecule has 6 N–H and O–H groups in total. The molecule has 12 heteroatoms. The molecule has 2 amide bonds. The van der Waals surface area contributed by atoms with Crippen LogP contribution in [0.4, 0.5) is 0 Å². The Morgan fingerprint density at radius 2 is 1.83 bits per heavy atom. The number of rotatable bonds is 10. The zero-order valence-electron chi connectivity index (χ0n) is 23.5. The first-order chi connectivity index (χ1) is 19.1. The number of carboxylic acids is 1. The summed E-state index contributed by atoms with van der Waals surface area (Å²) in [4.78, 5) is 71.8. The third-order valence-corrected chi connectivity index (χ3v) is 10.5. The largest absolute Gasteiger partial charge is 0.480 e. The monoisotopic (exact) mass is 576 g/mol. The molecule has 4 aliphatic rings. The summed E-state index contributed by atoms with van der Waals surface area (Å²) in [6, 6.07) is -1.52. The van der Waals surface area contributed by atoms with Gasteiger partial charge in [-0.15, -0.1) is 0 Å². The number of allylic oxidation sites excluding steroid dienone is 1. The zero-order chi connectivity index (χ0) is 30.3. The van der Waals surface area contributed by atoms with Crippen molar-refractivity contribution in [2.45, 2.75) is 95.8 Å². The number of primary amides is 1. The van der Waals surface area contributed by atoms with E-state index in [2.05, 4.69) is 12.2 Å². The average molecular weight is 577 g/mol. The molecule has 8 atom stereocenters. The Labute approximate surface area is 238 Å². The Morgan fingerprint density at radius 1 is 1.12 bits per heavy atom. The topological polar surface area (TPSA) is 210 Å². The Morgan fingerprint density at radius 3 is 2.49 bits per heavy atom. The fourth-order valence-electron chi connectivity index (χ4n) is 8.37. The zero-order valence-corrected chi connectivity index (χ0v) is 23.5. The number of ether oxygens (including phenoxy) is 1. The average Bonchev–Trinajstić information content (AvgIpc) is 3.16. The van der Waals surface area contributed by atoms with Gasteiger partial charge in [0.25, 0.3) is 0 Å². The summed E-state index contributed by atoms with van der Waals surface area (Å²) in [5, 5.41) is 34.4. The molecular weight excluding hydrogens is 536 g/mol. The van der Waals surface area contributed by atoms with Crippen LogP contribution in [0.15, 0.2) is 11.6 Å². The fourth-order valence-corrected chi connectivity index (χ4v) is 8.37. The number of carboxylic acid groups (broad SMARTS) is 1. The number of aliphatic hydroxyl groups is 2. The Kier molecular flexibility index (Phi) is 8.48. The number of carbonyl (C=O) groups excluding carboxylic acids is 5. The summed E-state index contributed by atoms with van der Waals surface area (Å²) in [5.41, 5.74) is 3.05. The number of ketones is 2. The molecule has 12 nitrogen and oxygen atoms in total. The van der Waals surface area contributed by atoms with Crippen molar-refractivity contribution in [3.05, 3.63) is 11.6 Å². The van der Waals surface area contributed by atoms with E-state index >= 15 is 0 Å². The third-order valence-electron chi connectivity index (χ3n) is 10.5. The third kappa shape index (κ3) is 5.55. The lowest BCUT2D eigenvalue weighted by molar-refractivity contribution is -0.184. The lowest BCUT2D eigenvalue weighted by atomic mass is 9.45. The van der Waals surface area contributed by atoms with E-state index in [-0.39, 0.29) is 41.8 Å². The molecule has 0 aromatic heterocycles. The smallest absolute Gasteiger partial charge is 0.326 e. The van der Waals surface area contributed by atoms with Gasteiger partial charge in [0.2, 0.25) is 17.6 Å². The van der Waals surface area contributed by atoms with Crippen molar-refractivity contribution in [3.8, 4) is 0 Å². The summed E-state index contributed by atoms with van der Waals surface area (Å²) < 4.78 is 5.08. The quantitative estimate of drug-likeness (QED) is 0.228. The molecular formula is C29H40N2O10. The highest BCUT2D eigenvalue weighted by Gasteiger charge is 2.68. The minimum atomic E-state index is -1.80. The number of esters is 1. The molecule has 0 heterocycles. The van der Waals surface area contributed by atoms with Gasteiger partial charge in [-0.2, -0.15) is 0 Å². The first kappa shape index (κ1) is 30.8. The summed E-state index contributed by atoms with van der Waals surface area (Å²) in [6.45, 7) is 3.26. The van der Waals surface area contributed by atoms with E-state index in [1.54, 1.807) is 6.08 Å². The number of nitrogens with two attached hydrogens (primary N) is 1. The Bertz CT molecular complexity index is 1180. The number of fused-ring (bicyclic) bond motifs is 5. The van der Waals surface area contributed by atoms with Crippen LogP contribution in [0.5, 0.6) is 0 Å². The number of Topliss-reactive ketones (excluding diaryl/α,β-unsaturated/α-hetero) is 1. The van der Waals surface area contributed by atoms with Crippen LogP contribution in [0, 0.1) is 28.6 Å². The van der Waals surface area contributed by atoms with Gasteiger partial charge < -0.3 is 31.1 Å². The van der Waals surface area contributed by atoms with Gasteiger partial charge >= 0.3 is 11.9 Å². The summed E-state index contributed by atoms with van der Waals surface area (Å²) >= 11 is 0. The minimum Gasteiger partial charge on any atom is -0.480 e. The standard InChI is InChI=1S/C29H40N2O10/c1-27-9-7-16(32)11-15(27)3-4-17-18-8-10-29(40,28(18,2)13-20(33)25(17)27)21(34)14-41-24(37)6-5-23(36)31-19(26(38)39)12-22(30)35/h11,17-20,25,33,40H,3-10,12-14H2,1-2H3,(H2,30,35)(H,31,36)(H,38,39)/t17-,18-,19+,20+,25+,27+,28+,29+/m1/s1. The molecule has 4 aliphatic carbocycles. The highest BCUT2D eigenvalue weighted by atomic mass is 16.5. The van der Waals surface area contributed by atoms with Crippen LogP contribution < -0.4 is 11.1 Å². The second kappa shape index (κ2) is 11.3. The molecule has 4 rings (SSSR count). The van der Waals surface area contributed by atoms with Crippen molar-refractivity contribution in [2.75, 3.05) is 6.61 Å². The number of carbonyl (C=O) groups is 6. The number of aliphatic hydroxyl groups excluding tert-OH is 1. The SMILES string of the molecule is C[C@]12CCC(=O)C=C1CC[C@H]1[C@H]2[C@@H](O)C[C@@]2(C)[C@@H]1CC[C@]2(O)C(=O)COC(=O)CCC(=O)N[C@@H](CC(N)=O)C(=O)O. The summed E-state index contributed by atoms with van der Waals surface area (Å²) in [7, 11) is 0. The maximum atomic E-state index is 13.3. The molecule has 3 saturated carbocycles. The fraction of sp³-hybridized carbons (Fsp3) is 0.724. The second-order valence-electron chi connectivity index (χ2n) is 12.7. The van der Waals surface area contributed by atoms with Gasteiger partial charge in [-0.05, 0) is 67.8 Å². The van der Waals surface area contributed by atoms with Crippen molar-refractivity contribution in [2.24, 2.45) is 34.3 Å². The molecule has 0 saturated heterocycles. The van der Waals surface area contributed by atoms with Crippen LogP contribution in [-0.4, -0.2) is 75.0 Å². The maximum absolute atomic E-state index is 13.3. The summed E-state index contributed by atoms with van der Waals surface area (Å²) in [6.07, 6.45) is 3.10. The lowest BCUT2D eigenvalue weighted by Gasteiger charge is -2.60. The number of nitrogens with one attached hydrogen (secondary N) is 1. The van der Waals surface area contributed by atoms with E-state index in [4.69, 9.17) is 15.6 Å². The van der Waals surface area contributed by atoms with Gasteiger partial charge in [0.05, 0.1) is 18.9 Å². The molecule has 0 spiro atoms. The molecule has 0 aromatic rings. The normalized spacial score (nSPS) is 36.6. The van der Waals surface area contributed by atoms with Crippen LogP contribution in [-0.2, 0) is 33.5 Å². The molecule has 3 fully saturated rings. The number of hydrogen-bond acceptors (Lipinski definition) is 9. The molecule has 0 unspecified atom stereocenters. The second-order valence-corrected chi connectivity index (χ2v) is 12.7. The van der Waals surface area contributed by atoms with Gasteiger partial charge in [-0.1, -0.05) is 19.4 Å². The van der Waals surface area contributed by atoms with E-state index in [1.807, 2.05) is 6.92 Å². The van der Waals surface area contributed by atoms with Gasteiger partial charge in [0.15, 0.2) is 12.4 Å². The van der Waals surface area contributed by atoms with Gasteiger partial charge in [0.1, 0.15) is 11.6 Å². The van der Waals surface area contributed by atoms with Gasteiger partial charge in [0, 0.05) is 18.3 Å². The number of hydrogen-bond donors (Lipinski definition) is 5. The minimum absolute atomic E-state index is 0.0252. The first-order valence-corrected chi connectivity index (χ1v) is 14.3. The highest BCUT2D eigenvalue weighted by Crippen LogP contribution is 2.67.